The van der Waals surface area contributed by atoms with Gasteiger partial charge in [0.15, 0.2) is 0 Å². The van der Waals surface area contributed by atoms with Gasteiger partial charge in [-0.25, -0.2) is 0 Å². The molecule has 0 aliphatic carbocycles. The van der Waals surface area contributed by atoms with Crippen LogP contribution in [0.15, 0.2) is 0 Å². The van der Waals surface area contributed by atoms with Gasteiger partial charge in [0.2, 0.25) is 0 Å². The summed E-state index contributed by atoms with van der Waals surface area (Å²) >= 11 is 0. The van der Waals surface area contributed by atoms with Gasteiger partial charge in [-0.15, -0.1) is 0 Å². The lowest BCUT2D eigenvalue weighted by molar-refractivity contribution is -0.146. The molecule has 1 unspecified atom stereocenters. The number of hydrogen-bond acceptors (Lipinski definition) is 3. The van der Waals surface area contributed by atoms with E-state index in [-0.39, 0.29) is 11.6 Å². The molecule has 110 valence electrons. The molecule has 1 atom stereocenters. The molecule has 0 aromatic heterocycles. The van der Waals surface area contributed by atoms with E-state index in [0.29, 0.717) is 6.04 Å². The zero-order chi connectivity index (χ0) is 14.0. The average molecular weight is 268 g/mol. The molecule has 0 saturated carbocycles. The molecule has 2 rings (SSSR count). The standard InChI is InChI=1S/C15H28N2O2/c1-15(2,3)16-10-7-12(8-11-16)17-9-5-4-6-13(17)14(18)19/h12-13H,4-11H2,1-3H3,(H,18,19). The molecule has 2 saturated heterocycles. The number of carboxylic acids is 1. The van der Waals surface area contributed by atoms with Gasteiger partial charge in [-0.1, -0.05) is 6.42 Å². The molecule has 19 heavy (non-hydrogen) atoms. The van der Waals surface area contributed by atoms with Gasteiger partial charge in [0.05, 0.1) is 0 Å². The Hall–Kier alpha value is -0.610. The SMILES string of the molecule is CC(C)(C)N1CCC(N2CCCCC2C(=O)O)CC1. The summed E-state index contributed by atoms with van der Waals surface area (Å²) < 4.78 is 0. The fourth-order valence-corrected chi connectivity index (χ4v) is 3.52. The molecule has 0 aromatic rings. The third-order valence-corrected chi connectivity index (χ3v) is 4.71. The molecule has 0 amide bonds. The van der Waals surface area contributed by atoms with Crippen LogP contribution < -0.4 is 0 Å². The zero-order valence-electron chi connectivity index (χ0n) is 12.6. The Kier molecular flexibility index (Phi) is 4.51. The van der Waals surface area contributed by atoms with Crippen LogP contribution in [0, 0.1) is 0 Å². The van der Waals surface area contributed by atoms with Crippen LogP contribution in [-0.2, 0) is 4.79 Å². The highest BCUT2D eigenvalue weighted by Crippen LogP contribution is 2.27. The van der Waals surface area contributed by atoms with Crippen LogP contribution >= 0.6 is 0 Å². The number of piperidine rings is 2. The molecule has 2 aliphatic rings. The molecular weight excluding hydrogens is 240 g/mol. The van der Waals surface area contributed by atoms with Crippen molar-refractivity contribution in [3.63, 3.8) is 0 Å². The lowest BCUT2D eigenvalue weighted by Gasteiger charge is -2.46. The molecular formula is C15H28N2O2. The van der Waals surface area contributed by atoms with E-state index in [0.717, 1.165) is 51.7 Å². The van der Waals surface area contributed by atoms with E-state index in [2.05, 4.69) is 30.6 Å². The van der Waals surface area contributed by atoms with E-state index in [1.165, 1.54) is 0 Å². The average Bonchev–Trinajstić information content (AvgIpc) is 2.38. The van der Waals surface area contributed by atoms with Crippen molar-refractivity contribution in [2.75, 3.05) is 19.6 Å². The van der Waals surface area contributed by atoms with Crippen LogP contribution in [0.2, 0.25) is 0 Å². The minimum absolute atomic E-state index is 0.235. The smallest absolute Gasteiger partial charge is 0.320 e. The number of likely N-dealkylation sites (tertiary alicyclic amines) is 2. The van der Waals surface area contributed by atoms with Crippen molar-refractivity contribution in [1.29, 1.82) is 0 Å². The second kappa shape index (κ2) is 5.80. The highest BCUT2D eigenvalue weighted by Gasteiger charge is 2.36. The van der Waals surface area contributed by atoms with Crippen molar-refractivity contribution in [1.82, 2.24) is 9.80 Å². The largest absolute Gasteiger partial charge is 0.480 e. The van der Waals surface area contributed by atoms with Crippen molar-refractivity contribution < 1.29 is 9.90 Å². The Morgan fingerprint density at radius 3 is 2.21 bits per heavy atom. The molecule has 0 radical (unpaired) electrons. The summed E-state index contributed by atoms with van der Waals surface area (Å²) in [6, 6.07) is 0.236. The molecule has 2 fully saturated rings. The zero-order valence-corrected chi connectivity index (χ0v) is 12.6. The Morgan fingerprint density at radius 1 is 1.05 bits per heavy atom. The van der Waals surface area contributed by atoms with Crippen LogP contribution in [0.25, 0.3) is 0 Å². The lowest BCUT2D eigenvalue weighted by Crippen LogP contribution is -2.55. The topological polar surface area (TPSA) is 43.8 Å². The molecule has 4 nitrogen and oxygen atoms in total. The van der Waals surface area contributed by atoms with Gasteiger partial charge in [-0.2, -0.15) is 0 Å². The molecule has 0 aromatic carbocycles. The van der Waals surface area contributed by atoms with Gasteiger partial charge in [-0.05, 0) is 53.0 Å². The molecule has 2 aliphatic heterocycles. The maximum atomic E-state index is 11.4. The summed E-state index contributed by atoms with van der Waals surface area (Å²) in [5.74, 6) is -0.627. The number of carbonyl (C=O) groups is 1. The van der Waals surface area contributed by atoms with Gasteiger partial charge >= 0.3 is 5.97 Å². The molecule has 0 bridgehead atoms. The maximum Gasteiger partial charge on any atom is 0.320 e. The first kappa shape index (κ1) is 14.8. The van der Waals surface area contributed by atoms with Crippen LogP contribution in [-0.4, -0.2) is 58.1 Å². The second-order valence-electron chi connectivity index (χ2n) is 6.98. The first-order valence-corrected chi connectivity index (χ1v) is 7.63. The van der Waals surface area contributed by atoms with E-state index in [1.54, 1.807) is 0 Å². The normalized spacial score (nSPS) is 28.5. The van der Waals surface area contributed by atoms with E-state index in [4.69, 9.17) is 0 Å². The van der Waals surface area contributed by atoms with Crippen molar-refractivity contribution in [3.8, 4) is 0 Å². The summed E-state index contributed by atoms with van der Waals surface area (Å²) in [5, 5.41) is 9.37. The number of nitrogens with zero attached hydrogens (tertiary/aromatic N) is 2. The van der Waals surface area contributed by atoms with E-state index >= 15 is 0 Å². The molecule has 0 spiro atoms. The van der Waals surface area contributed by atoms with E-state index in [1.807, 2.05) is 0 Å². The van der Waals surface area contributed by atoms with Crippen molar-refractivity contribution in [2.24, 2.45) is 0 Å². The minimum Gasteiger partial charge on any atom is -0.480 e. The van der Waals surface area contributed by atoms with Gasteiger partial charge in [0.25, 0.3) is 0 Å². The van der Waals surface area contributed by atoms with Crippen LogP contribution in [0.3, 0.4) is 0 Å². The first-order valence-electron chi connectivity index (χ1n) is 7.63. The Labute approximate surface area is 116 Å². The number of carboxylic acid groups (broad SMARTS) is 1. The summed E-state index contributed by atoms with van der Waals surface area (Å²) in [7, 11) is 0. The minimum atomic E-state index is -0.627. The van der Waals surface area contributed by atoms with Crippen molar-refractivity contribution in [3.05, 3.63) is 0 Å². The predicted molar refractivity (Wildman–Crippen MR) is 76.3 cm³/mol. The number of hydrogen-bond donors (Lipinski definition) is 1. The van der Waals surface area contributed by atoms with E-state index < -0.39 is 5.97 Å². The van der Waals surface area contributed by atoms with Gasteiger partial charge < -0.3 is 5.11 Å². The first-order chi connectivity index (χ1) is 8.89. The van der Waals surface area contributed by atoms with Gasteiger partial charge in [0.1, 0.15) is 6.04 Å². The third-order valence-electron chi connectivity index (χ3n) is 4.71. The van der Waals surface area contributed by atoms with Crippen molar-refractivity contribution >= 4 is 5.97 Å². The monoisotopic (exact) mass is 268 g/mol. The molecule has 4 heteroatoms. The molecule has 1 N–H and O–H groups in total. The third kappa shape index (κ3) is 3.48. The van der Waals surface area contributed by atoms with Gasteiger partial charge in [-0.3, -0.25) is 14.6 Å². The van der Waals surface area contributed by atoms with Crippen LogP contribution in [0.5, 0.6) is 0 Å². The Bertz CT molecular complexity index is 317. The highest BCUT2D eigenvalue weighted by atomic mass is 16.4. The van der Waals surface area contributed by atoms with E-state index in [9.17, 15) is 9.90 Å². The molecule has 2 heterocycles. The van der Waals surface area contributed by atoms with Crippen LogP contribution in [0.4, 0.5) is 0 Å². The van der Waals surface area contributed by atoms with Crippen LogP contribution in [0.1, 0.15) is 52.9 Å². The summed E-state index contributed by atoms with van der Waals surface area (Å²) in [6.07, 6.45) is 5.27. The number of rotatable bonds is 2. The quantitative estimate of drug-likeness (QED) is 0.834. The summed E-state index contributed by atoms with van der Waals surface area (Å²) in [5.41, 5.74) is 0.235. The fraction of sp³-hybridized carbons (Fsp3) is 0.933. The maximum absolute atomic E-state index is 11.4. The lowest BCUT2D eigenvalue weighted by atomic mass is 9.93. The van der Waals surface area contributed by atoms with Crippen molar-refractivity contribution in [2.45, 2.75) is 70.5 Å². The van der Waals surface area contributed by atoms with Gasteiger partial charge in [0, 0.05) is 24.7 Å². The highest BCUT2D eigenvalue weighted by molar-refractivity contribution is 5.73. The number of aliphatic carboxylic acids is 1. The second-order valence-corrected chi connectivity index (χ2v) is 6.98. The Morgan fingerprint density at radius 2 is 1.68 bits per heavy atom. The fourth-order valence-electron chi connectivity index (χ4n) is 3.52. The summed E-state index contributed by atoms with van der Waals surface area (Å²) in [6.45, 7) is 9.93. The Balaban J connectivity index is 1.94. The summed E-state index contributed by atoms with van der Waals surface area (Å²) in [4.78, 5) is 16.2. The predicted octanol–water partition coefficient (Wildman–Crippen LogP) is 2.19.